The number of nitrogens with zero attached hydrogens (tertiary/aromatic N) is 2. The summed E-state index contributed by atoms with van der Waals surface area (Å²) in [5.74, 6) is 0.583. The van der Waals surface area contributed by atoms with Gasteiger partial charge in [-0.2, -0.15) is 5.10 Å². The summed E-state index contributed by atoms with van der Waals surface area (Å²) < 4.78 is 7.23. The lowest BCUT2D eigenvalue weighted by atomic mass is 10.1. The van der Waals surface area contributed by atoms with Crippen LogP contribution in [0, 0.1) is 0 Å². The summed E-state index contributed by atoms with van der Waals surface area (Å²) in [6.45, 7) is 1.28. The predicted octanol–water partition coefficient (Wildman–Crippen LogP) is 2.32. The molecule has 2 aromatic heterocycles. The average molecular weight is 310 g/mol. The summed E-state index contributed by atoms with van der Waals surface area (Å²) >= 11 is 0. The largest absolute Gasteiger partial charge is 0.497 e. The van der Waals surface area contributed by atoms with Gasteiger partial charge in [0.05, 0.1) is 24.6 Å². The van der Waals surface area contributed by atoms with Gasteiger partial charge in [-0.05, 0) is 24.3 Å². The van der Waals surface area contributed by atoms with Gasteiger partial charge in [-0.3, -0.25) is 9.89 Å². The van der Waals surface area contributed by atoms with E-state index in [0.717, 1.165) is 17.9 Å². The van der Waals surface area contributed by atoms with Gasteiger partial charge in [-0.15, -0.1) is 0 Å². The molecule has 0 radical (unpaired) electrons. The van der Waals surface area contributed by atoms with Crippen molar-refractivity contribution < 1.29 is 9.53 Å². The van der Waals surface area contributed by atoms with Crippen LogP contribution in [0.3, 0.4) is 0 Å². The maximum Gasteiger partial charge on any atom is 0.255 e. The standard InChI is InChI=1S/C17H18N4O2/c1-23-14-6-4-5-13(11-14)16-15(12-19-20-16)17(22)18-7-10-21-8-2-3-9-21/h2-6,8-9,11-12H,7,10H2,1H3,(H,18,22)(H,19,20). The lowest BCUT2D eigenvalue weighted by Crippen LogP contribution is -2.27. The van der Waals surface area contributed by atoms with E-state index in [1.165, 1.54) is 0 Å². The van der Waals surface area contributed by atoms with Crippen molar-refractivity contribution in [2.45, 2.75) is 6.54 Å². The first-order chi connectivity index (χ1) is 11.3. The summed E-state index contributed by atoms with van der Waals surface area (Å²) in [7, 11) is 1.61. The number of ether oxygens (including phenoxy) is 1. The molecule has 118 valence electrons. The Balaban J connectivity index is 1.70. The fourth-order valence-corrected chi connectivity index (χ4v) is 2.37. The lowest BCUT2D eigenvalue weighted by molar-refractivity contribution is 0.0953. The second kappa shape index (κ2) is 6.83. The number of rotatable bonds is 6. The van der Waals surface area contributed by atoms with Gasteiger partial charge in [0.15, 0.2) is 0 Å². The van der Waals surface area contributed by atoms with Crippen LogP contribution < -0.4 is 10.1 Å². The minimum atomic E-state index is -0.149. The zero-order valence-corrected chi connectivity index (χ0v) is 12.8. The molecule has 2 N–H and O–H groups in total. The van der Waals surface area contributed by atoms with Crippen LogP contribution in [0.25, 0.3) is 11.3 Å². The van der Waals surface area contributed by atoms with Crippen molar-refractivity contribution in [3.8, 4) is 17.0 Å². The molecule has 0 spiro atoms. The Morgan fingerprint density at radius 3 is 2.91 bits per heavy atom. The Bertz CT molecular complexity index is 778. The van der Waals surface area contributed by atoms with Crippen LogP contribution in [0.1, 0.15) is 10.4 Å². The molecule has 2 heterocycles. The molecule has 0 aliphatic heterocycles. The summed E-state index contributed by atoms with van der Waals surface area (Å²) in [6, 6.07) is 11.4. The van der Waals surface area contributed by atoms with Crippen molar-refractivity contribution in [1.82, 2.24) is 20.1 Å². The van der Waals surface area contributed by atoms with Crippen molar-refractivity contribution in [3.05, 3.63) is 60.6 Å². The summed E-state index contributed by atoms with van der Waals surface area (Å²) in [5.41, 5.74) is 2.06. The minimum Gasteiger partial charge on any atom is -0.497 e. The molecule has 0 aliphatic rings. The van der Waals surface area contributed by atoms with E-state index < -0.39 is 0 Å². The first kappa shape index (κ1) is 14.9. The van der Waals surface area contributed by atoms with Crippen LogP contribution in [0.5, 0.6) is 5.75 Å². The first-order valence-electron chi connectivity index (χ1n) is 7.34. The SMILES string of the molecule is COc1cccc(-c2[nH]ncc2C(=O)NCCn2cccc2)c1. The predicted molar refractivity (Wildman–Crippen MR) is 87.3 cm³/mol. The lowest BCUT2D eigenvalue weighted by Gasteiger charge is -2.07. The second-order valence-electron chi connectivity index (χ2n) is 5.07. The third-order valence-corrected chi connectivity index (χ3v) is 3.56. The van der Waals surface area contributed by atoms with Crippen LogP contribution in [-0.2, 0) is 6.54 Å². The van der Waals surface area contributed by atoms with Crippen LogP contribution in [-0.4, -0.2) is 34.3 Å². The normalized spacial score (nSPS) is 10.5. The highest BCUT2D eigenvalue weighted by Crippen LogP contribution is 2.24. The Kier molecular flexibility index (Phi) is 4.42. The maximum atomic E-state index is 12.4. The van der Waals surface area contributed by atoms with Crippen LogP contribution in [0.4, 0.5) is 0 Å². The molecule has 0 aliphatic carbocycles. The van der Waals surface area contributed by atoms with Gasteiger partial charge >= 0.3 is 0 Å². The Morgan fingerprint density at radius 1 is 1.30 bits per heavy atom. The fraction of sp³-hybridized carbons (Fsp3) is 0.176. The van der Waals surface area contributed by atoms with Crippen molar-refractivity contribution in [2.24, 2.45) is 0 Å². The first-order valence-corrected chi connectivity index (χ1v) is 7.34. The average Bonchev–Trinajstić information content (AvgIpc) is 3.26. The Morgan fingerprint density at radius 2 is 2.13 bits per heavy atom. The molecule has 1 aromatic carbocycles. The Hall–Kier alpha value is -3.02. The minimum absolute atomic E-state index is 0.149. The third kappa shape index (κ3) is 3.42. The molecule has 23 heavy (non-hydrogen) atoms. The number of benzene rings is 1. The third-order valence-electron chi connectivity index (χ3n) is 3.56. The number of carbonyl (C=O) groups is 1. The van der Waals surface area contributed by atoms with Gasteiger partial charge in [0.25, 0.3) is 5.91 Å². The molecule has 6 nitrogen and oxygen atoms in total. The molecule has 0 saturated heterocycles. The summed E-state index contributed by atoms with van der Waals surface area (Å²) in [5, 5.41) is 9.80. The molecule has 6 heteroatoms. The van der Waals surface area contributed by atoms with Crippen molar-refractivity contribution in [2.75, 3.05) is 13.7 Å². The Labute approximate surface area is 134 Å². The monoisotopic (exact) mass is 310 g/mol. The highest BCUT2D eigenvalue weighted by atomic mass is 16.5. The van der Waals surface area contributed by atoms with Gasteiger partial charge in [-0.25, -0.2) is 0 Å². The van der Waals surface area contributed by atoms with Gasteiger partial charge in [0, 0.05) is 31.0 Å². The van der Waals surface area contributed by atoms with E-state index in [4.69, 9.17) is 4.74 Å². The van der Waals surface area contributed by atoms with Gasteiger partial charge < -0.3 is 14.6 Å². The van der Waals surface area contributed by atoms with Gasteiger partial charge in [0.2, 0.25) is 0 Å². The van der Waals surface area contributed by atoms with E-state index in [9.17, 15) is 4.79 Å². The second-order valence-corrected chi connectivity index (χ2v) is 5.07. The van der Waals surface area contributed by atoms with Crippen molar-refractivity contribution in [3.63, 3.8) is 0 Å². The van der Waals surface area contributed by atoms with E-state index in [1.54, 1.807) is 13.3 Å². The highest BCUT2D eigenvalue weighted by Gasteiger charge is 2.15. The molecular weight excluding hydrogens is 292 g/mol. The highest BCUT2D eigenvalue weighted by molar-refractivity contribution is 5.99. The summed E-state index contributed by atoms with van der Waals surface area (Å²) in [6.07, 6.45) is 5.47. The number of methoxy groups -OCH3 is 1. The van der Waals surface area contributed by atoms with Crippen LogP contribution >= 0.6 is 0 Å². The molecule has 3 aromatic rings. The number of hydrogen-bond donors (Lipinski definition) is 2. The van der Waals surface area contributed by atoms with Gasteiger partial charge in [0.1, 0.15) is 5.75 Å². The molecular formula is C17H18N4O2. The molecule has 3 rings (SSSR count). The molecule has 0 fully saturated rings. The van der Waals surface area contributed by atoms with E-state index in [2.05, 4.69) is 15.5 Å². The molecule has 1 amide bonds. The fourth-order valence-electron chi connectivity index (χ4n) is 2.37. The number of hydrogen-bond acceptors (Lipinski definition) is 3. The maximum absolute atomic E-state index is 12.4. The number of aromatic nitrogens is 3. The zero-order chi connectivity index (χ0) is 16.1. The number of H-pyrrole nitrogens is 1. The summed E-state index contributed by atoms with van der Waals surface area (Å²) in [4.78, 5) is 12.4. The molecule has 0 bridgehead atoms. The number of aromatic amines is 1. The van der Waals surface area contributed by atoms with E-state index in [-0.39, 0.29) is 5.91 Å². The van der Waals surface area contributed by atoms with E-state index in [0.29, 0.717) is 17.8 Å². The number of amides is 1. The van der Waals surface area contributed by atoms with Crippen LogP contribution in [0.2, 0.25) is 0 Å². The van der Waals surface area contributed by atoms with Crippen molar-refractivity contribution in [1.29, 1.82) is 0 Å². The quantitative estimate of drug-likeness (QED) is 0.734. The topological polar surface area (TPSA) is 71.9 Å². The van der Waals surface area contributed by atoms with E-state index >= 15 is 0 Å². The smallest absolute Gasteiger partial charge is 0.255 e. The molecule has 0 atom stereocenters. The zero-order valence-electron chi connectivity index (χ0n) is 12.8. The van der Waals surface area contributed by atoms with Crippen molar-refractivity contribution >= 4 is 5.91 Å². The molecule has 0 unspecified atom stereocenters. The van der Waals surface area contributed by atoms with Gasteiger partial charge in [-0.1, -0.05) is 12.1 Å². The number of carbonyl (C=O) groups excluding carboxylic acids is 1. The van der Waals surface area contributed by atoms with Crippen LogP contribution in [0.15, 0.2) is 55.0 Å². The molecule has 0 saturated carbocycles. The van der Waals surface area contributed by atoms with E-state index in [1.807, 2.05) is 53.4 Å². The number of nitrogens with one attached hydrogen (secondary N) is 2.